The number of nitrogens with zero attached hydrogens (tertiary/aromatic N) is 1. The fraction of sp³-hybridized carbons (Fsp3) is 0.435. The first kappa shape index (κ1) is 20.9. The van der Waals surface area contributed by atoms with Crippen LogP contribution in [0.2, 0.25) is 0 Å². The molecule has 1 aliphatic carbocycles. The average Bonchev–Trinajstić information content (AvgIpc) is 3.02. The number of anilines is 1. The third-order valence-electron chi connectivity index (χ3n) is 6.00. The summed E-state index contributed by atoms with van der Waals surface area (Å²) in [5, 5.41) is 1.75. The summed E-state index contributed by atoms with van der Waals surface area (Å²) in [5.41, 5.74) is 8.52. The standard InChI is InChI=1S/C23H29N3O3S/c1-16-11-19(18-9-6-10-21(13-18)25-30(2,28)29)12-20-15-26(23(27)22(16)20)24-14-17-7-4-3-5-8-17/h6,9-13,17,24-25H,3-5,7-8,14-15H2,1-2H3. The summed E-state index contributed by atoms with van der Waals surface area (Å²) < 4.78 is 25.6. The van der Waals surface area contributed by atoms with E-state index in [1.807, 2.05) is 37.3 Å². The summed E-state index contributed by atoms with van der Waals surface area (Å²) in [7, 11) is -3.33. The second-order valence-corrected chi connectivity index (χ2v) is 10.3. The number of nitrogens with one attached hydrogen (secondary N) is 2. The molecule has 0 atom stereocenters. The fourth-order valence-electron chi connectivity index (χ4n) is 4.57. The largest absolute Gasteiger partial charge is 0.284 e. The van der Waals surface area contributed by atoms with E-state index in [-0.39, 0.29) is 5.91 Å². The average molecular weight is 428 g/mol. The monoisotopic (exact) mass is 427 g/mol. The Morgan fingerprint density at radius 1 is 1.07 bits per heavy atom. The van der Waals surface area contributed by atoms with Crippen molar-refractivity contribution in [2.24, 2.45) is 5.92 Å². The van der Waals surface area contributed by atoms with Gasteiger partial charge in [0.2, 0.25) is 10.0 Å². The van der Waals surface area contributed by atoms with Gasteiger partial charge in [-0.3, -0.25) is 14.5 Å². The van der Waals surface area contributed by atoms with Gasteiger partial charge in [0.1, 0.15) is 0 Å². The van der Waals surface area contributed by atoms with E-state index in [0.29, 0.717) is 18.2 Å². The second-order valence-electron chi connectivity index (χ2n) is 8.54. The highest BCUT2D eigenvalue weighted by Gasteiger charge is 2.30. The molecule has 2 aromatic rings. The number of carbonyl (C=O) groups is 1. The lowest BCUT2D eigenvalue weighted by atomic mass is 9.89. The second kappa shape index (κ2) is 8.40. The lowest BCUT2D eigenvalue weighted by molar-refractivity contribution is 0.0663. The van der Waals surface area contributed by atoms with E-state index in [1.54, 1.807) is 11.1 Å². The van der Waals surface area contributed by atoms with Crippen LogP contribution >= 0.6 is 0 Å². The summed E-state index contributed by atoms with van der Waals surface area (Å²) in [6, 6.07) is 11.4. The third kappa shape index (κ3) is 4.68. The highest BCUT2D eigenvalue weighted by atomic mass is 32.2. The number of amides is 1. The zero-order valence-electron chi connectivity index (χ0n) is 17.6. The van der Waals surface area contributed by atoms with Crippen molar-refractivity contribution in [2.45, 2.75) is 45.6 Å². The summed E-state index contributed by atoms with van der Waals surface area (Å²) in [6.07, 6.45) is 7.52. The molecule has 7 heteroatoms. The summed E-state index contributed by atoms with van der Waals surface area (Å²) in [5.74, 6) is 0.689. The first-order valence-electron chi connectivity index (χ1n) is 10.6. The van der Waals surface area contributed by atoms with E-state index in [0.717, 1.165) is 40.6 Å². The van der Waals surface area contributed by atoms with Gasteiger partial charge in [-0.2, -0.15) is 0 Å². The Labute approximate surface area is 178 Å². The van der Waals surface area contributed by atoms with Gasteiger partial charge in [0, 0.05) is 17.8 Å². The van der Waals surface area contributed by atoms with Crippen LogP contribution in [0.1, 0.15) is 53.6 Å². The highest BCUT2D eigenvalue weighted by Crippen LogP contribution is 2.32. The van der Waals surface area contributed by atoms with Gasteiger partial charge in [-0.05, 0) is 66.1 Å². The minimum Gasteiger partial charge on any atom is -0.284 e. The number of fused-ring (bicyclic) bond motifs is 1. The molecule has 2 N–H and O–H groups in total. The Morgan fingerprint density at radius 2 is 1.83 bits per heavy atom. The van der Waals surface area contributed by atoms with Gasteiger partial charge in [0.15, 0.2) is 0 Å². The minimum absolute atomic E-state index is 0.0392. The lowest BCUT2D eigenvalue weighted by Crippen LogP contribution is -2.41. The molecule has 1 amide bonds. The van der Waals surface area contributed by atoms with Crippen molar-refractivity contribution in [3.63, 3.8) is 0 Å². The van der Waals surface area contributed by atoms with Crippen LogP contribution in [0, 0.1) is 12.8 Å². The number of carbonyl (C=O) groups excluding carboxylic acids is 1. The normalized spacial score (nSPS) is 17.3. The van der Waals surface area contributed by atoms with Crippen molar-refractivity contribution in [1.29, 1.82) is 0 Å². The van der Waals surface area contributed by atoms with Crippen LogP contribution in [0.5, 0.6) is 0 Å². The van der Waals surface area contributed by atoms with Gasteiger partial charge >= 0.3 is 0 Å². The molecule has 0 unspecified atom stereocenters. The summed E-state index contributed by atoms with van der Waals surface area (Å²) in [4.78, 5) is 12.9. The molecular formula is C23H29N3O3S. The minimum atomic E-state index is -3.33. The van der Waals surface area contributed by atoms with E-state index in [2.05, 4.69) is 10.1 Å². The quantitative estimate of drug-likeness (QED) is 0.728. The van der Waals surface area contributed by atoms with Gasteiger partial charge in [0.05, 0.1) is 12.8 Å². The Balaban J connectivity index is 1.53. The predicted octanol–water partition coefficient (Wildman–Crippen LogP) is 4.07. The molecule has 6 nitrogen and oxygen atoms in total. The number of hydrazine groups is 1. The fourth-order valence-corrected chi connectivity index (χ4v) is 5.12. The first-order chi connectivity index (χ1) is 14.3. The maximum absolute atomic E-state index is 12.9. The number of rotatable bonds is 6. The van der Waals surface area contributed by atoms with Crippen LogP contribution in [0.4, 0.5) is 5.69 Å². The van der Waals surface area contributed by atoms with Gasteiger partial charge in [-0.25, -0.2) is 13.8 Å². The Hall–Kier alpha value is -2.38. The van der Waals surface area contributed by atoms with Crippen molar-refractivity contribution >= 4 is 21.6 Å². The topological polar surface area (TPSA) is 78.5 Å². The summed E-state index contributed by atoms with van der Waals surface area (Å²) >= 11 is 0. The lowest BCUT2D eigenvalue weighted by Gasteiger charge is -2.25. The van der Waals surface area contributed by atoms with Crippen molar-refractivity contribution in [3.8, 4) is 11.1 Å². The molecule has 1 fully saturated rings. The molecule has 1 aliphatic heterocycles. The number of sulfonamides is 1. The van der Waals surface area contributed by atoms with Crippen molar-refractivity contribution in [2.75, 3.05) is 17.5 Å². The molecule has 2 aromatic carbocycles. The Kier molecular flexibility index (Phi) is 5.84. The number of hydrogen-bond acceptors (Lipinski definition) is 4. The highest BCUT2D eigenvalue weighted by molar-refractivity contribution is 7.92. The first-order valence-corrected chi connectivity index (χ1v) is 12.5. The van der Waals surface area contributed by atoms with Crippen LogP contribution in [0.25, 0.3) is 11.1 Å². The molecule has 0 radical (unpaired) electrons. The third-order valence-corrected chi connectivity index (χ3v) is 6.61. The Morgan fingerprint density at radius 3 is 2.57 bits per heavy atom. The van der Waals surface area contributed by atoms with Gasteiger partial charge < -0.3 is 0 Å². The zero-order valence-corrected chi connectivity index (χ0v) is 18.4. The molecule has 30 heavy (non-hydrogen) atoms. The predicted molar refractivity (Wildman–Crippen MR) is 120 cm³/mol. The van der Waals surface area contributed by atoms with Crippen molar-refractivity contribution < 1.29 is 13.2 Å². The molecule has 0 saturated heterocycles. The smallest absolute Gasteiger partial charge is 0.268 e. The zero-order chi connectivity index (χ0) is 21.3. The molecule has 1 heterocycles. The number of aryl methyl sites for hydroxylation is 1. The Bertz CT molecular complexity index is 1060. The van der Waals surface area contributed by atoms with E-state index in [9.17, 15) is 13.2 Å². The molecule has 0 spiro atoms. The van der Waals surface area contributed by atoms with Crippen molar-refractivity contribution in [1.82, 2.24) is 10.4 Å². The summed E-state index contributed by atoms with van der Waals surface area (Å²) in [6.45, 7) is 3.37. The van der Waals surface area contributed by atoms with E-state index >= 15 is 0 Å². The van der Waals surface area contributed by atoms with Crippen LogP contribution in [0.3, 0.4) is 0 Å². The maximum Gasteiger partial charge on any atom is 0.268 e. The van der Waals surface area contributed by atoms with E-state index < -0.39 is 10.0 Å². The van der Waals surface area contributed by atoms with Crippen LogP contribution < -0.4 is 10.1 Å². The van der Waals surface area contributed by atoms with Gasteiger partial charge in [-0.15, -0.1) is 0 Å². The number of hydrogen-bond donors (Lipinski definition) is 2. The molecule has 2 aliphatic rings. The van der Waals surface area contributed by atoms with Crippen molar-refractivity contribution in [3.05, 3.63) is 53.1 Å². The maximum atomic E-state index is 12.9. The molecule has 0 aromatic heterocycles. The molecule has 1 saturated carbocycles. The molecule has 0 bridgehead atoms. The SMILES string of the molecule is Cc1cc(-c2cccc(NS(C)(=O)=O)c2)cc2c1C(=O)N(NCC1CCCCC1)C2. The van der Waals surface area contributed by atoms with E-state index in [1.165, 1.54) is 32.1 Å². The number of benzene rings is 2. The van der Waals surface area contributed by atoms with Gasteiger partial charge in [-0.1, -0.05) is 37.5 Å². The molecular weight excluding hydrogens is 398 g/mol. The van der Waals surface area contributed by atoms with Gasteiger partial charge in [0.25, 0.3) is 5.91 Å². The molecule has 160 valence electrons. The van der Waals surface area contributed by atoms with E-state index in [4.69, 9.17) is 0 Å². The van der Waals surface area contributed by atoms with Crippen LogP contribution in [-0.4, -0.2) is 32.1 Å². The van der Waals surface area contributed by atoms with Crippen LogP contribution in [-0.2, 0) is 16.6 Å². The van der Waals surface area contributed by atoms with Crippen LogP contribution in [0.15, 0.2) is 36.4 Å². The molecule has 4 rings (SSSR count).